The van der Waals surface area contributed by atoms with Crippen LogP contribution in [0.2, 0.25) is 0 Å². The molecule has 3 heterocycles. The minimum atomic E-state index is -5.66. The van der Waals surface area contributed by atoms with Crippen molar-refractivity contribution in [2.24, 2.45) is 0 Å². The molecule has 0 aromatic carbocycles. The number of rotatable bonds is 14. The van der Waals surface area contributed by atoms with Crippen LogP contribution in [0.15, 0.2) is 0 Å². The summed E-state index contributed by atoms with van der Waals surface area (Å²) in [6.07, 6.45) is -30.0. The zero-order valence-corrected chi connectivity index (χ0v) is 27.3. The monoisotopic (exact) mass is 798 g/mol. The molecule has 3 fully saturated rings. The lowest BCUT2D eigenvalue weighted by atomic mass is 9.95. The highest BCUT2D eigenvalue weighted by Gasteiger charge is 2.57. The van der Waals surface area contributed by atoms with Crippen LogP contribution in [-0.2, 0) is 72.7 Å². The van der Waals surface area contributed by atoms with Gasteiger partial charge in [0.2, 0.25) is 5.91 Å². The first-order valence-corrected chi connectivity index (χ1v) is 17.8. The highest BCUT2D eigenvalue weighted by atomic mass is 32.3. The summed E-state index contributed by atoms with van der Waals surface area (Å²) in [6.45, 7) is -1.41. The average molecular weight is 799 g/mol. The van der Waals surface area contributed by atoms with Crippen molar-refractivity contribution in [3.05, 3.63) is 0 Å². The number of carbonyl (C=O) groups is 2. The number of nitrogens with one attached hydrogen (secondary N) is 2. The third-order valence-corrected chi connectivity index (χ3v) is 8.66. The van der Waals surface area contributed by atoms with Crippen LogP contribution in [0, 0.1) is 0 Å². The Hall–Kier alpha value is -1.89. The Balaban J connectivity index is 2.02. The first-order chi connectivity index (χ1) is 22.8. The molecule has 0 aliphatic carbocycles. The van der Waals surface area contributed by atoms with E-state index >= 15 is 0 Å². The number of aliphatic carboxylic acids is 1. The zero-order chi connectivity index (χ0) is 38.1. The van der Waals surface area contributed by atoms with Crippen LogP contribution in [0.4, 0.5) is 0 Å². The van der Waals surface area contributed by atoms with Gasteiger partial charge in [-0.15, -0.1) is 0 Å². The number of hydrogen-bond acceptors (Lipinski definition) is 21. The molecule has 3 rings (SSSR count). The Labute approximate surface area is 281 Å². The topological polar surface area (TPSA) is 428 Å². The van der Waals surface area contributed by atoms with Crippen LogP contribution < -0.4 is 10.0 Å². The maximum absolute atomic E-state index is 12.3. The van der Waals surface area contributed by atoms with Gasteiger partial charge in [-0.2, -0.15) is 30.0 Å². The number of amides is 1. The molecule has 0 aromatic heterocycles. The maximum atomic E-state index is 12.3. The molecule has 50 heavy (non-hydrogen) atoms. The van der Waals surface area contributed by atoms with Gasteiger partial charge in [-0.25, -0.2) is 13.2 Å². The Kier molecular flexibility index (Phi) is 14.0. The van der Waals surface area contributed by atoms with Crippen molar-refractivity contribution in [1.29, 1.82) is 0 Å². The number of aliphatic hydroxyl groups excluding tert-OH is 6. The minimum absolute atomic E-state index is 0.822. The van der Waals surface area contributed by atoms with E-state index in [0.29, 0.717) is 0 Å². The van der Waals surface area contributed by atoms with Crippen LogP contribution in [0.3, 0.4) is 0 Å². The second-order valence-corrected chi connectivity index (χ2v) is 14.1. The van der Waals surface area contributed by atoms with Gasteiger partial charge < -0.3 is 64.7 Å². The molecule has 0 radical (unpaired) electrons. The Morgan fingerprint density at radius 3 is 1.82 bits per heavy atom. The van der Waals surface area contributed by atoms with Crippen LogP contribution in [0.1, 0.15) is 6.92 Å². The van der Waals surface area contributed by atoms with Crippen molar-refractivity contribution in [3.8, 4) is 0 Å². The molecule has 1 amide bonds. The molecule has 3 aliphatic heterocycles. The Morgan fingerprint density at radius 2 is 1.32 bits per heavy atom. The molecule has 292 valence electrons. The van der Waals surface area contributed by atoms with E-state index in [2.05, 4.69) is 13.7 Å². The largest absolute Gasteiger partial charge is 0.479 e. The first kappa shape index (κ1) is 42.5. The lowest BCUT2D eigenvalue weighted by Gasteiger charge is -2.48. The second-order valence-electron chi connectivity index (χ2n) is 10.8. The molecule has 15 atom stereocenters. The van der Waals surface area contributed by atoms with Gasteiger partial charge in [-0.1, -0.05) is 0 Å². The number of carboxylic acids is 1. The van der Waals surface area contributed by atoms with Crippen molar-refractivity contribution < 1.29 is 116 Å². The molecule has 30 heteroatoms. The summed E-state index contributed by atoms with van der Waals surface area (Å²) in [5.41, 5.74) is 0. The van der Waals surface area contributed by atoms with Crippen molar-refractivity contribution in [1.82, 2.24) is 10.0 Å². The average Bonchev–Trinajstić information content (AvgIpc) is 2.96. The van der Waals surface area contributed by atoms with Crippen LogP contribution in [-0.4, -0.2) is 192 Å². The van der Waals surface area contributed by atoms with Gasteiger partial charge in [0.25, 0.3) is 0 Å². The summed E-state index contributed by atoms with van der Waals surface area (Å²) >= 11 is 0. The van der Waals surface area contributed by atoms with Crippen molar-refractivity contribution in [2.75, 3.05) is 13.2 Å². The number of aliphatic hydroxyl groups is 6. The van der Waals surface area contributed by atoms with Crippen LogP contribution >= 0.6 is 0 Å². The second kappa shape index (κ2) is 16.4. The van der Waals surface area contributed by atoms with E-state index in [4.69, 9.17) is 28.2 Å². The standard InChI is InChI=1S/C20H34N2O25S3/c1-4(24)21-7-11(27)13(5(2-23)42-18(7)31)44-20-15(47-50(38,39)40)12(28)14(16(46-20)17(29)30)45-19-8(22-48(32,33)34)10(26)9(25)6(43-19)3-41-49(35,36)37/h5-16,18-20,22-23,25-28,31H,2-3H2,1H3,(H,21,24)(H,29,30)(H,32,33,34)(H,35,36,37)(H,38,39,40)/t5-,6-,7-,8-,9-,10-,11-,12+,13-,14+,15-,16+,18+,19-,20-/m1/s1. The summed E-state index contributed by atoms with van der Waals surface area (Å²) in [7, 11) is -16.3. The predicted octanol–water partition coefficient (Wildman–Crippen LogP) is -8.28. The van der Waals surface area contributed by atoms with Gasteiger partial charge in [-0.3, -0.25) is 18.5 Å². The number of carboxylic acid groups (broad SMARTS) is 1. The molecular weight excluding hydrogens is 764 g/mol. The summed E-state index contributed by atoms with van der Waals surface area (Å²) in [6, 6.07) is -4.05. The Bertz CT molecular complexity index is 1530. The number of hydrogen-bond donors (Lipinski definition) is 12. The fourth-order valence-electron chi connectivity index (χ4n) is 5.12. The van der Waals surface area contributed by atoms with Gasteiger partial charge >= 0.3 is 37.1 Å². The van der Waals surface area contributed by atoms with Crippen LogP contribution in [0.5, 0.6) is 0 Å². The van der Waals surface area contributed by atoms with E-state index in [9.17, 15) is 79.7 Å². The smallest absolute Gasteiger partial charge is 0.397 e. The molecule has 0 bridgehead atoms. The Morgan fingerprint density at radius 1 is 0.720 bits per heavy atom. The van der Waals surface area contributed by atoms with Crippen molar-refractivity contribution in [3.63, 3.8) is 0 Å². The summed E-state index contributed by atoms with van der Waals surface area (Å²) in [5.74, 6) is -2.91. The van der Waals surface area contributed by atoms with E-state index < -0.39 is 148 Å². The number of ether oxygens (including phenoxy) is 5. The SMILES string of the molecule is CC(=O)N[C@@H]1[C@@H](O)[C@H](O[C@@H]2O[C@H](C(=O)O)[C@@H](O[C@H]3O[C@H](COS(=O)(=O)O)[C@@H](O)[C@H](O)[C@H]3NS(=O)(=O)O)[C@H](O)[C@H]2OS(=O)(=O)O)[C@@H](CO)O[C@@H]1O. The molecule has 3 aliphatic rings. The quantitative estimate of drug-likeness (QED) is 0.0726. The van der Waals surface area contributed by atoms with Crippen molar-refractivity contribution in [2.45, 2.75) is 98.9 Å². The summed E-state index contributed by atoms with van der Waals surface area (Å²) in [5, 5.41) is 74.9. The molecular formula is C20H34N2O25S3. The highest BCUT2D eigenvalue weighted by Crippen LogP contribution is 2.34. The van der Waals surface area contributed by atoms with E-state index in [1.165, 1.54) is 4.72 Å². The molecule has 0 saturated carbocycles. The minimum Gasteiger partial charge on any atom is -0.479 e. The van der Waals surface area contributed by atoms with Gasteiger partial charge in [-0.05, 0) is 0 Å². The van der Waals surface area contributed by atoms with Gasteiger partial charge in [0, 0.05) is 6.92 Å². The molecule has 12 N–H and O–H groups in total. The molecule has 27 nitrogen and oxygen atoms in total. The maximum Gasteiger partial charge on any atom is 0.397 e. The molecule has 0 unspecified atom stereocenters. The fraction of sp³-hybridized carbons (Fsp3) is 0.900. The molecule has 3 saturated heterocycles. The third-order valence-electron chi connectivity index (χ3n) is 7.19. The van der Waals surface area contributed by atoms with E-state index in [0.717, 1.165) is 6.92 Å². The van der Waals surface area contributed by atoms with Gasteiger partial charge in [0.15, 0.2) is 31.1 Å². The van der Waals surface area contributed by atoms with Gasteiger partial charge in [0.05, 0.1) is 13.2 Å². The van der Waals surface area contributed by atoms with E-state index in [1.807, 2.05) is 0 Å². The molecule has 0 spiro atoms. The molecule has 0 aromatic rings. The number of carbonyl (C=O) groups excluding carboxylic acids is 1. The van der Waals surface area contributed by atoms with Crippen molar-refractivity contribution >= 4 is 43.0 Å². The summed E-state index contributed by atoms with van der Waals surface area (Å²) in [4.78, 5) is 23.9. The van der Waals surface area contributed by atoms with Gasteiger partial charge in [0.1, 0.15) is 60.9 Å². The predicted molar refractivity (Wildman–Crippen MR) is 147 cm³/mol. The third kappa shape index (κ3) is 11.1. The normalized spacial score (nSPS) is 40.2. The fourth-order valence-corrected chi connectivity index (χ4v) is 6.50. The highest BCUT2D eigenvalue weighted by molar-refractivity contribution is 7.83. The summed E-state index contributed by atoms with van der Waals surface area (Å²) < 4.78 is 132. The van der Waals surface area contributed by atoms with E-state index in [-0.39, 0.29) is 0 Å². The first-order valence-electron chi connectivity index (χ1n) is 13.6. The lowest BCUT2D eigenvalue weighted by molar-refractivity contribution is -0.358. The lowest BCUT2D eigenvalue weighted by Crippen LogP contribution is -2.69. The van der Waals surface area contributed by atoms with E-state index in [1.54, 1.807) is 0 Å². The zero-order valence-electron chi connectivity index (χ0n) is 24.9. The van der Waals surface area contributed by atoms with Crippen LogP contribution in [0.25, 0.3) is 0 Å².